The summed E-state index contributed by atoms with van der Waals surface area (Å²) in [5, 5.41) is 2.73. The van der Waals surface area contributed by atoms with E-state index in [0.29, 0.717) is 5.02 Å². The highest BCUT2D eigenvalue weighted by molar-refractivity contribution is 6.30. The smallest absolute Gasteiger partial charge is 0.408 e. The molecule has 0 aliphatic heterocycles. The molecule has 0 aromatic carbocycles. The van der Waals surface area contributed by atoms with Crippen LogP contribution in [-0.2, 0) is 4.74 Å². The van der Waals surface area contributed by atoms with E-state index in [2.05, 4.69) is 22.1 Å². The molecule has 0 aliphatic rings. The lowest BCUT2D eigenvalue weighted by molar-refractivity contribution is 0.0535. The van der Waals surface area contributed by atoms with Gasteiger partial charge in [-0.2, -0.15) is 4.39 Å². The number of aromatic nitrogens is 1. The number of hydrogen-bond acceptors (Lipinski definition) is 3. The third-order valence-electron chi connectivity index (χ3n) is 1.75. The highest BCUT2D eigenvalue weighted by atomic mass is 35.5. The number of carbonyl (C=O) groups is 1. The number of nitrogens with one attached hydrogen (secondary N) is 1. The molecule has 0 fully saturated rings. The lowest BCUT2D eigenvalue weighted by atomic mass is 10.2. The average molecular weight is 285 g/mol. The molecule has 1 aromatic heterocycles. The van der Waals surface area contributed by atoms with Gasteiger partial charge in [-0.3, -0.25) is 0 Å². The van der Waals surface area contributed by atoms with Crippen LogP contribution in [0, 0.1) is 17.8 Å². The summed E-state index contributed by atoms with van der Waals surface area (Å²) in [6, 6.07) is 1.37. The van der Waals surface area contributed by atoms with Crippen LogP contribution in [0.3, 0.4) is 0 Å². The molecule has 1 aromatic rings. The summed E-state index contributed by atoms with van der Waals surface area (Å²) >= 11 is 5.67. The molecular weight excluding hydrogens is 271 g/mol. The number of amides is 1. The van der Waals surface area contributed by atoms with Crippen molar-refractivity contribution in [3.8, 4) is 11.8 Å². The van der Waals surface area contributed by atoms with Crippen LogP contribution in [0.25, 0.3) is 0 Å². The van der Waals surface area contributed by atoms with Gasteiger partial charge in [-0.05, 0) is 26.8 Å². The summed E-state index contributed by atoms with van der Waals surface area (Å²) in [5.41, 5.74) is -0.487. The molecule has 0 spiro atoms. The molecule has 0 bridgehead atoms. The van der Waals surface area contributed by atoms with E-state index in [1.165, 1.54) is 12.3 Å². The number of hydrogen-bond donors (Lipinski definition) is 1. The number of carbonyl (C=O) groups excluding carboxylic acids is 1. The minimum Gasteiger partial charge on any atom is -0.444 e. The van der Waals surface area contributed by atoms with Gasteiger partial charge in [0.05, 0.1) is 17.1 Å². The molecule has 1 heterocycles. The van der Waals surface area contributed by atoms with Crippen molar-refractivity contribution in [1.82, 2.24) is 10.3 Å². The van der Waals surface area contributed by atoms with Gasteiger partial charge in [0.25, 0.3) is 0 Å². The number of pyridine rings is 1. The van der Waals surface area contributed by atoms with Crippen LogP contribution in [0.5, 0.6) is 0 Å². The van der Waals surface area contributed by atoms with Crippen molar-refractivity contribution in [2.75, 3.05) is 6.54 Å². The molecular formula is C13H14ClFN2O2. The van der Waals surface area contributed by atoms with Crippen molar-refractivity contribution in [3.63, 3.8) is 0 Å². The number of nitrogens with zero attached hydrogens (tertiary/aromatic N) is 1. The van der Waals surface area contributed by atoms with Crippen molar-refractivity contribution >= 4 is 17.7 Å². The van der Waals surface area contributed by atoms with Crippen LogP contribution in [0.2, 0.25) is 5.02 Å². The molecule has 0 aliphatic carbocycles. The maximum Gasteiger partial charge on any atom is 0.408 e. The minimum absolute atomic E-state index is 0.0425. The molecule has 4 nitrogen and oxygen atoms in total. The maximum atomic E-state index is 13.2. The molecule has 0 radical (unpaired) electrons. The number of ether oxygens (including phenoxy) is 1. The van der Waals surface area contributed by atoms with Crippen LogP contribution < -0.4 is 5.32 Å². The van der Waals surface area contributed by atoms with Gasteiger partial charge < -0.3 is 10.1 Å². The minimum atomic E-state index is -0.700. The molecule has 19 heavy (non-hydrogen) atoms. The van der Waals surface area contributed by atoms with E-state index < -0.39 is 17.6 Å². The Balaban J connectivity index is 2.52. The predicted molar refractivity (Wildman–Crippen MR) is 70.3 cm³/mol. The Kier molecular flexibility index (Phi) is 5.13. The molecule has 102 valence electrons. The Labute approximate surface area is 116 Å². The van der Waals surface area contributed by atoms with E-state index in [1.54, 1.807) is 20.8 Å². The average Bonchev–Trinajstić information content (AvgIpc) is 2.26. The lowest BCUT2D eigenvalue weighted by Gasteiger charge is -2.18. The van der Waals surface area contributed by atoms with Gasteiger partial charge in [0.15, 0.2) is 0 Å². The van der Waals surface area contributed by atoms with Gasteiger partial charge in [0.2, 0.25) is 5.95 Å². The number of rotatable bonds is 1. The largest absolute Gasteiger partial charge is 0.444 e. The first-order valence-electron chi connectivity index (χ1n) is 5.55. The Morgan fingerprint density at radius 2 is 2.26 bits per heavy atom. The fraction of sp³-hybridized carbons (Fsp3) is 0.385. The third kappa shape index (κ3) is 6.07. The van der Waals surface area contributed by atoms with Crippen molar-refractivity contribution in [1.29, 1.82) is 0 Å². The van der Waals surface area contributed by atoms with Crippen LogP contribution in [-0.4, -0.2) is 23.2 Å². The standard InChI is InChI=1S/C13H14ClFN2O2/c1-13(2,3)19-12(18)16-6-4-5-9-7-10(14)8-17-11(9)15/h7-8H,6H2,1-3H3,(H,16,18). The van der Waals surface area contributed by atoms with E-state index in [1.807, 2.05) is 0 Å². The quantitative estimate of drug-likeness (QED) is 0.637. The summed E-state index contributed by atoms with van der Waals surface area (Å²) in [5.74, 6) is 4.42. The summed E-state index contributed by atoms with van der Waals surface area (Å²) in [6.07, 6.45) is 0.618. The van der Waals surface area contributed by atoms with Gasteiger partial charge in [0, 0.05) is 6.20 Å². The van der Waals surface area contributed by atoms with E-state index in [0.717, 1.165) is 0 Å². The van der Waals surface area contributed by atoms with Crippen LogP contribution in [0.15, 0.2) is 12.3 Å². The zero-order chi connectivity index (χ0) is 14.5. The maximum absolute atomic E-state index is 13.2. The second-order valence-corrected chi connectivity index (χ2v) is 5.09. The molecule has 6 heteroatoms. The summed E-state index contributed by atoms with van der Waals surface area (Å²) in [4.78, 5) is 14.7. The van der Waals surface area contributed by atoms with Crippen LogP contribution >= 0.6 is 11.6 Å². The SMILES string of the molecule is CC(C)(C)OC(=O)NCC#Cc1cc(Cl)cnc1F. The molecule has 0 unspecified atom stereocenters. The van der Waals surface area contributed by atoms with Crippen molar-refractivity contribution < 1.29 is 13.9 Å². The van der Waals surface area contributed by atoms with E-state index >= 15 is 0 Å². The highest BCUT2D eigenvalue weighted by Crippen LogP contribution is 2.10. The first kappa shape index (κ1) is 15.3. The molecule has 1 N–H and O–H groups in total. The second kappa shape index (κ2) is 6.39. The molecule has 0 saturated heterocycles. The van der Waals surface area contributed by atoms with Crippen molar-refractivity contribution in [2.24, 2.45) is 0 Å². The van der Waals surface area contributed by atoms with Crippen LogP contribution in [0.1, 0.15) is 26.3 Å². The zero-order valence-electron chi connectivity index (χ0n) is 10.9. The Bertz CT molecular complexity index is 530. The molecule has 1 rings (SSSR count). The van der Waals surface area contributed by atoms with Crippen molar-refractivity contribution in [2.45, 2.75) is 26.4 Å². The predicted octanol–water partition coefficient (Wildman–Crippen LogP) is 2.75. The van der Waals surface area contributed by atoms with Gasteiger partial charge in [-0.15, -0.1) is 0 Å². The van der Waals surface area contributed by atoms with Gasteiger partial charge >= 0.3 is 6.09 Å². The molecule has 0 atom stereocenters. The highest BCUT2D eigenvalue weighted by Gasteiger charge is 2.15. The van der Waals surface area contributed by atoms with Crippen LogP contribution in [0.4, 0.5) is 9.18 Å². The summed E-state index contributed by atoms with van der Waals surface area (Å²) < 4.78 is 18.2. The summed E-state index contributed by atoms with van der Waals surface area (Å²) in [6.45, 7) is 5.31. The van der Waals surface area contributed by atoms with Crippen molar-refractivity contribution in [3.05, 3.63) is 28.8 Å². The molecule has 1 amide bonds. The third-order valence-corrected chi connectivity index (χ3v) is 1.96. The second-order valence-electron chi connectivity index (χ2n) is 4.65. The van der Waals surface area contributed by atoms with Gasteiger partial charge in [0.1, 0.15) is 5.60 Å². The lowest BCUT2D eigenvalue weighted by Crippen LogP contribution is -2.32. The zero-order valence-corrected chi connectivity index (χ0v) is 11.6. The van der Waals surface area contributed by atoms with E-state index in [9.17, 15) is 9.18 Å². The Morgan fingerprint density at radius 1 is 1.58 bits per heavy atom. The fourth-order valence-corrected chi connectivity index (χ4v) is 1.24. The van der Waals surface area contributed by atoms with Gasteiger partial charge in [-0.25, -0.2) is 9.78 Å². The van der Waals surface area contributed by atoms with E-state index in [-0.39, 0.29) is 12.1 Å². The first-order chi connectivity index (χ1) is 8.78. The Hall–Kier alpha value is -1.80. The van der Waals surface area contributed by atoms with Gasteiger partial charge in [-0.1, -0.05) is 23.4 Å². The van der Waals surface area contributed by atoms with E-state index in [4.69, 9.17) is 16.3 Å². The summed E-state index contributed by atoms with van der Waals surface area (Å²) in [7, 11) is 0. The topological polar surface area (TPSA) is 51.2 Å². The molecule has 0 saturated carbocycles. The fourth-order valence-electron chi connectivity index (χ4n) is 1.08. The monoisotopic (exact) mass is 284 g/mol. The number of halogens is 2. The first-order valence-corrected chi connectivity index (χ1v) is 5.92. The number of alkyl carbamates (subject to hydrolysis) is 1. The normalized spacial score (nSPS) is 10.4. The Morgan fingerprint density at radius 3 is 2.89 bits per heavy atom.